The Labute approximate surface area is 164 Å². The molecule has 1 aromatic heterocycles. The molecule has 0 fully saturated rings. The highest BCUT2D eigenvalue weighted by Gasteiger charge is 2.13. The predicted octanol–water partition coefficient (Wildman–Crippen LogP) is 4.13. The molecule has 0 aliphatic heterocycles. The molecule has 5 nitrogen and oxygen atoms in total. The van der Waals surface area contributed by atoms with Gasteiger partial charge in [0.15, 0.2) is 0 Å². The van der Waals surface area contributed by atoms with E-state index in [1.54, 1.807) is 6.07 Å². The van der Waals surface area contributed by atoms with E-state index in [0.717, 1.165) is 28.8 Å². The fourth-order valence-electron chi connectivity index (χ4n) is 2.92. The Morgan fingerprint density at radius 1 is 0.893 bits per heavy atom. The van der Waals surface area contributed by atoms with E-state index in [0.29, 0.717) is 17.7 Å². The molecule has 0 spiro atoms. The highest BCUT2D eigenvalue weighted by atomic mass is 16.2. The molecule has 0 saturated heterocycles. The van der Waals surface area contributed by atoms with Crippen LogP contribution in [0.25, 0.3) is 0 Å². The molecule has 0 unspecified atom stereocenters. The van der Waals surface area contributed by atoms with E-state index in [2.05, 4.69) is 15.6 Å². The lowest BCUT2D eigenvalue weighted by Gasteiger charge is -2.11. The summed E-state index contributed by atoms with van der Waals surface area (Å²) in [5.74, 6) is -0.554. The zero-order valence-corrected chi connectivity index (χ0v) is 16.0. The van der Waals surface area contributed by atoms with Crippen molar-refractivity contribution in [2.24, 2.45) is 0 Å². The lowest BCUT2D eigenvalue weighted by molar-refractivity contribution is 0.0950. The average molecular weight is 373 g/mol. The summed E-state index contributed by atoms with van der Waals surface area (Å²) in [5.41, 5.74) is 4.68. The number of nitrogens with zero attached hydrogens (tertiary/aromatic N) is 1. The molecule has 1 heterocycles. The van der Waals surface area contributed by atoms with Crippen LogP contribution in [0.4, 0.5) is 5.69 Å². The van der Waals surface area contributed by atoms with Gasteiger partial charge in [-0.15, -0.1) is 0 Å². The van der Waals surface area contributed by atoms with Gasteiger partial charge in [-0.25, -0.2) is 0 Å². The number of pyridine rings is 1. The predicted molar refractivity (Wildman–Crippen MR) is 110 cm³/mol. The molecule has 2 N–H and O–H groups in total. The molecule has 5 heteroatoms. The van der Waals surface area contributed by atoms with Gasteiger partial charge in [0.05, 0.1) is 11.1 Å². The van der Waals surface area contributed by atoms with Crippen LogP contribution in [-0.4, -0.2) is 16.8 Å². The van der Waals surface area contributed by atoms with Gasteiger partial charge in [-0.05, 0) is 42.2 Å². The zero-order chi connectivity index (χ0) is 19.9. The van der Waals surface area contributed by atoms with E-state index < -0.39 is 0 Å². The monoisotopic (exact) mass is 373 g/mol. The number of rotatable bonds is 6. The second-order valence-electron chi connectivity index (χ2n) is 6.54. The van der Waals surface area contributed by atoms with Crippen LogP contribution < -0.4 is 10.6 Å². The van der Waals surface area contributed by atoms with Crippen LogP contribution in [0.15, 0.2) is 67.0 Å². The number of nitrogens with one attached hydrogen (secondary N) is 2. The van der Waals surface area contributed by atoms with E-state index in [1.807, 2.05) is 62.4 Å². The molecule has 0 radical (unpaired) electrons. The minimum atomic E-state index is -0.290. The topological polar surface area (TPSA) is 71.1 Å². The minimum Gasteiger partial charge on any atom is -0.348 e. The fourth-order valence-corrected chi connectivity index (χ4v) is 2.92. The van der Waals surface area contributed by atoms with Gasteiger partial charge >= 0.3 is 0 Å². The van der Waals surface area contributed by atoms with E-state index in [4.69, 9.17) is 0 Å². The summed E-state index contributed by atoms with van der Waals surface area (Å²) < 4.78 is 0. The van der Waals surface area contributed by atoms with Gasteiger partial charge in [0, 0.05) is 24.6 Å². The Balaban J connectivity index is 1.70. The number of anilines is 1. The van der Waals surface area contributed by atoms with Crippen molar-refractivity contribution in [3.8, 4) is 0 Å². The molecule has 0 bridgehead atoms. The molecule has 0 aliphatic carbocycles. The molecule has 0 saturated carbocycles. The largest absolute Gasteiger partial charge is 0.348 e. The first-order valence-electron chi connectivity index (χ1n) is 9.25. The van der Waals surface area contributed by atoms with Crippen molar-refractivity contribution in [3.05, 3.63) is 94.8 Å². The van der Waals surface area contributed by atoms with Gasteiger partial charge in [-0.3, -0.25) is 14.6 Å². The van der Waals surface area contributed by atoms with Crippen LogP contribution in [0.1, 0.15) is 44.3 Å². The highest BCUT2D eigenvalue weighted by Crippen LogP contribution is 2.17. The summed E-state index contributed by atoms with van der Waals surface area (Å²) in [4.78, 5) is 29.1. The smallest absolute Gasteiger partial charge is 0.257 e. The number of carbonyl (C=O) groups is 2. The van der Waals surface area contributed by atoms with Crippen molar-refractivity contribution in [2.75, 3.05) is 5.32 Å². The maximum absolute atomic E-state index is 12.6. The summed E-state index contributed by atoms with van der Waals surface area (Å²) >= 11 is 0. The van der Waals surface area contributed by atoms with Gasteiger partial charge in [0.25, 0.3) is 11.8 Å². The average Bonchev–Trinajstić information content (AvgIpc) is 2.73. The molecule has 3 aromatic rings. The summed E-state index contributed by atoms with van der Waals surface area (Å²) in [7, 11) is 0. The van der Waals surface area contributed by atoms with Crippen LogP contribution in [0, 0.1) is 6.92 Å². The molecular formula is C23H23N3O2. The van der Waals surface area contributed by atoms with Gasteiger partial charge < -0.3 is 10.6 Å². The third-order valence-corrected chi connectivity index (χ3v) is 4.61. The first-order valence-corrected chi connectivity index (χ1v) is 9.25. The molecule has 2 aromatic carbocycles. The first kappa shape index (κ1) is 19.3. The van der Waals surface area contributed by atoms with Crippen molar-refractivity contribution >= 4 is 17.5 Å². The Hall–Kier alpha value is -3.47. The van der Waals surface area contributed by atoms with Gasteiger partial charge in [0.1, 0.15) is 0 Å². The van der Waals surface area contributed by atoms with Crippen LogP contribution in [-0.2, 0) is 13.0 Å². The Morgan fingerprint density at radius 2 is 1.54 bits per heavy atom. The number of hydrogen-bond donors (Lipinski definition) is 2. The maximum atomic E-state index is 12.6. The Bertz CT molecular complexity index is 998. The fraction of sp³-hybridized carbons (Fsp3) is 0.174. The number of amides is 2. The SMILES string of the molecule is CCc1ccccc1NC(=O)c1cncc(C(=O)NCc2ccccc2C)c1. The number of para-hydroxylation sites is 1. The van der Waals surface area contributed by atoms with E-state index >= 15 is 0 Å². The molecule has 142 valence electrons. The maximum Gasteiger partial charge on any atom is 0.257 e. The van der Waals surface area contributed by atoms with Crippen molar-refractivity contribution in [3.63, 3.8) is 0 Å². The Kier molecular flexibility index (Phi) is 6.17. The van der Waals surface area contributed by atoms with Crippen molar-refractivity contribution in [2.45, 2.75) is 26.8 Å². The lowest BCUT2D eigenvalue weighted by Crippen LogP contribution is -2.24. The van der Waals surface area contributed by atoms with Crippen LogP contribution in [0.3, 0.4) is 0 Å². The summed E-state index contributed by atoms with van der Waals surface area (Å²) in [6, 6.07) is 17.1. The van der Waals surface area contributed by atoms with E-state index in [1.165, 1.54) is 12.4 Å². The minimum absolute atomic E-state index is 0.264. The normalized spacial score (nSPS) is 10.4. The lowest BCUT2D eigenvalue weighted by atomic mass is 10.1. The third kappa shape index (κ3) is 4.62. The quantitative estimate of drug-likeness (QED) is 0.682. The molecule has 3 rings (SSSR count). The van der Waals surface area contributed by atoms with Crippen LogP contribution in [0.5, 0.6) is 0 Å². The highest BCUT2D eigenvalue weighted by molar-refractivity contribution is 6.06. The number of hydrogen-bond acceptors (Lipinski definition) is 3. The van der Waals surface area contributed by atoms with Gasteiger partial charge in [-0.2, -0.15) is 0 Å². The molecular weight excluding hydrogens is 350 g/mol. The van der Waals surface area contributed by atoms with Crippen molar-refractivity contribution in [1.29, 1.82) is 0 Å². The summed E-state index contributed by atoms with van der Waals surface area (Å²) in [6.45, 7) is 4.46. The number of carbonyl (C=O) groups excluding carboxylic acids is 2. The Morgan fingerprint density at radius 3 is 2.25 bits per heavy atom. The summed E-state index contributed by atoms with van der Waals surface area (Å²) in [5, 5.41) is 5.78. The first-order chi connectivity index (χ1) is 13.6. The molecule has 28 heavy (non-hydrogen) atoms. The summed E-state index contributed by atoms with van der Waals surface area (Å²) in [6.07, 6.45) is 3.74. The number of aromatic nitrogens is 1. The zero-order valence-electron chi connectivity index (χ0n) is 16.0. The second-order valence-corrected chi connectivity index (χ2v) is 6.54. The van der Waals surface area contributed by atoms with Gasteiger partial charge in [-0.1, -0.05) is 49.4 Å². The van der Waals surface area contributed by atoms with Crippen molar-refractivity contribution < 1.29 is 9.59 Å². The standard InChI is InChI=1S/C23H23N3O2/c1-3-17-9-6-7-11-21(17)26-23(28)20-12-19(13-24-14-20)22(27)25-15-18-10-5-4-8-16(18)2/h4-14H,3,15H2,1-2H3,(H,25,27)(H,26,28). The van der Waals surface area contributed by atoms with Crippen LogP contribution >= 0.6 is 0 Å². The van der Waals surface area contributed by atoms with E-state index in [-0.39, 0.29) is 11.8 Å². The third-order valence-electron chi connectivity index (χ3n) is 4.61. The second kappa shape index (κ2) is 8.95. The van der Waals surface area contributed by atoms with Crippen LogP contribution in [0.2, 0.25) is 0 Å². The van der Waals surface area contributed by atoms with E-state index in [9.17, 15) is 9.59 Å². The molecule has 2 amide bonds. The number of benzene rings is 2. The molecule has 0 aliphatic rings. The molecule has 0 atom stereocenters. The van der Waals surface area contributed by atoms with Gasteiger partial charge in [0.2, 0.25) is 0 Å². The number of aryl methyl sites for hydroxylation is 2. The van der Waals surface area contributed by atoms with Crippen molar-refractivity contribution in [1.82, 2.24) is 10.3 Å².